The van der Waals surface area contributed by atoms with Gasteiger partial charge < -0.3 is 33.2 Å². The van der Waals surface area contributed by atoms with Crippen LogP contribution in [-0.2, 0) is 9.47 Å². The first-order valence-electron chi connectivity index (χ1n) is 9.42. The van der Waals surface area contributed by atoms with Crippen molar-refractivity contribution in [2.45, 2.75) is 12.2 Å². The summed E-state index contributed by atoms with van der Waals surface area (Å²) in [5, 5.41) is 0. The van der Waals surface area contributed by atoms with Crippen molar-refractivity contribution in [2.75, 3.05) is 33.9 Å². The standard InChI is InChI=1S/C21H20O7/c1-22-17-5-12(6-18-21(17)28-10-27-18)20-14-8-23-19(13(14)7-24-20)11-2-3-15-16(4-11)26-9-25-15/h2-6,13-14,19-20H,7-10H2,1H3/t13-,14-,19-,20+/m1/s1. The lowest BCUT2D eigenvalue weighted by molar-refractivity contribution is 0.0191. The van der Waals surface area contributed by atoms with Crippen LogP contribution in [0.15, 0.2) is 30.3 Å². The van der Waals surface area contributed by atoms with Gasteiger partial charge in [-0.15, -0.1) is 0 Å². The van der Waals surface area contributed by atoms with Crippen LogP contribution in [-0.4, -0.2) is 33.9 Å². The number of hydrogen-bond acceptors (Lipinski definition) is 7. The third-order valence-corrected chi connectivity index (χ3v) is 6.00. The fourth-order valence-electron chi connectivity index (χ4n) is 4.64. The molecular weight excluding hydrogens is 364 g/mol. The highest BCUT2D eigenvalue weighted by atomic mass is 16.7. The molecule has 2 aromatic rings. The van der Waals surface area contributed by atoms with E-state index in [9.17, 15) is 0 Å². The molecule has 0 bridgehead atoms. The van der Waals surface area contributed by atoms with Crippen LogP contribution < -0.4 is 23.7 Å². The first-order valence-corrected chi connectivity index (χ1v) is 9.42. The molecule has 2 fully saturated rings. The Balaban J connectivity index is 1.28. The summed E-state index contributed by atoms with van der Waals surface area (Å²) < 4.78 is 39.9. The molecule has 0 saturated carbocycles. The summed E-state index contributed by atoms with van der Waals surface area (Å²) in [5.41, 5.74) is 2.13. The van der Waals surface area contributed by atoms with E-state index < -0.39 is 0 Å². The molecule has 7 nitrogen and oxygen atoms in total. The summed E-state index contributed by atoms with van der Waals surface area (Å²) >= 11 is 0. The number of fused-ring (bicyclic) bond motifs is 3. The van der Waals surface area contributed by atoms with Crippen molar-refractivity contribution in [3.05, 3.63) is 41.5 Å². The van der Waals surface area contributed by atoms with E-state index in [-0.39, 0.29) is 37.6 Å². The number of ether oxygens (including phenoxy) is 7. The summed E-state index contributed by atoms with van der Waals surface area (Å²) in [5.74, 6) is 4.13. The van der Waals surface area contributed by atoms with Gasteiger partial charge >= 0.3 is 0 Å². The predicted molar refractivity (Wildman–Crippen MR) is 96.0 cm³/mol. The first-order chi connectivity index (χ1) is 13.8. The van der Waals surface area contributed by atoms with Gasteiger partial charge in [0.2, 0.25) is 19.3 Å². The molecule has 7 heteroatoms. The van der Waals surface area contributed by atoms with Crippen molar-refractivity contribution >= 4 is 0 Å². The minimum atomic E-state index is -0.0626. The second-order valence-electron chi connectivity index (χ2n) is 7.41. The molecule has 0 N–H and O–H groups in total. The molecule has 146 valence electrons. The smallest absolute Gasteiger partial charge is 0.231 e. The maximum Gasteiger partial charge on any atom is 0.231 e. The van der Waals surface area contributed by atoms with Crippen LogP contribution in [0.4, 0.5) is 0 Å². The van der Waals surface area contributed by atoms with Gasteiger partial charge in [-0.25, -0.2) is 0 Å². The molecule has 0 aromatic heterocycles. The third-order valence-electron chi connectivity index (χ3n) is 6.00. The number of hydrogen-bond donors (Lipinski definition) is 0. The van der Waals surface area contributed by atoms with E-state index in [1.807, 2.05) is 24.3 Å². The number of methoxy groups -OCH3 is 1. The van der Waals surface area contributed by atoms with Crippen LogP contribution in [0, 0.1) is 11.8 Å². The second kappa shape index (κ2) is 6.18. The van der Waals surface area contributed by atoms with Crippen molar-refractivity contribution in [2.24, 2.45) is 11.8 Å². The van der Waals surface area contributed by atoms with Gasteiger partial charge in [0.1, 0.15) is 0 Å². The Bertz CT molecular complexity index is 927. The molecule has 0 amide bonds. The van der Waals surface area contributed by atoms with Gasteiger partial charge in [0.25, 0.3) is 0 Å². The summed E-state index contributed by atoms with van der Waals surface area (Å²) in [6.45, 7) is 1.77. The molecule has 0 radical (unpaired) electrons. The fourth-order valence-corrected chi connectivity index (χ4v) is 4.64. The van der Waals surface area contributed by atoms with Crippen molar-refractivity contribution < 1.29 is 33.2 Å². The summed E-state index contributed by atoms with van der Waals surface area (Å²) in [6, 6.07) is 9.99. The largest absolute Gasteiger partial charge is 0.493 e. The molecule has 6 rings (SSSR count). The molecule has 4 aliphatic rings. The van der Waals surface area contributed by atoms with Gasteiger partial charge in [0.15, 0.2) is 23.0 Å². The van der Waals surface area contributed by atoms with Gasteiger partial charge in [-0.3, -0.25) is 0 Å². The quantitative estimate of drug-likeness (QED) is 0.805. The van der Waals surface area contributed by atoms with Gasteiger partial charge in [0, 0.05) is 11.8 Å². The van der Waals surface area contributed by atoms with Gasteiger partial charge in [0.05, 0.1) is 32.5 Å². The fraction of sp³-hybridized carbons (Fsp3) is 0.429. The van der Waals surface area contributed by atoms with E-state index in [0.29, 0.717) is 30.5 Å². The molecule has 0 unspecified atom stereocenters. The Kier molecular flexibility index (Phi) is 3.61. The van der Waals surface area contributed by atoms with Crippen LogP contribution in [0.1, 0.15) is 23.3 Å². The Labute approximate surface area is 162 Å². The highest BCUT2D eigenvalue weighted by Crippen LogP contribution is 2.53. The first kappa shape index (κ1) is 16.3. The van der Waals surface area contributed by atoms with Crippen molar-refractivity contribution in [1.82, 2.24) is 0 Å². The van der Waals surface area contributed by atoms with Crippen LogP contribution in [0.25, 0.3) is 0 Å². The molecular formula is C21H20O7. The van der Waals surface area contributed by atoms with Crippen LogP contribution in [0.5, 0.6) is 28.7 Å². The molecule has 4 atom stereocenters. The van der Waals surface area contributed by atoms with Crippen molar-refractivity contribution in [3.63, 3.8) is 0 Å². The predicted octanol–water partition coefficient (Wildman–Crippen LogP) is 3.23. The molecule has 4 heterocycles. The van der Waals surface area contributed by atoms with E-state index in [1.54, 1.807) is 7.11 Å². The van der Waals surface area contributed by atoms with Gasteiger partial charge in [-0.1, -0.05) is 6.07 Å². The topological polar surface area (TPSA) is 64.6 Å². The lowest BCUT2D eigenvalue weighted by atomic mass is 9.85. The number of benzene rings is 2. The zero-order valence-corrected chi connectivity index (χ0v) is 15.4. The molecule has 0 aliphatic carbocycles. The Morgan fingerprint density at radius 2 is 1.43 bits per heavy atom. The van der Waals surface area contributed by atoms with Gasteiger partial charge in [-0.2, -0.15) is 0 Å². The molecule has 2 saturated heterocycles. The lowest BCUT2D eigenvalue weighted by Gasteiger charge is -2.18. The highest BCUT2D eigenvalue weighted by molar-refractivity contribution is 5.55. The van der Waals surface area contributed by atoms with Crippen LogP contribution in [0.3, 0.4) is 0 Å². The summed E-state index contributed by atoms with van der Waals surface area (Å²) in [4.78, 5) is 0. The zero-order chi connectivity index (χ0) is 18.7. The average Bonchev–Trinajstić information content (AvgIpc) is 3.49. The Morgan fingerprint density at radius 3 is 2.25 bits per heavy atom. The molecule has 2 aromatic carbocycles. The Morgan fingerprint density at radius 1 is 0.750 bits per heavy atom. The van der Waals surface area contributed by atoms with Crippen molar-refractivity contribution in [1.29, 1.82) is 0 Å². The van der Waals surface area contributed by atoms with E-state index in [0.717, 1.165) is 22.6 Å². The maximum absolute atomic E-state index is 6.22. The SMILES string of the molecule is COc1cc([C@@H]2OC[C@@H]3[C@H]2CO[C@@H]3c2ccc3c(c2)OCO3)cc2c1OCO2. The van der Waals surface area contributed by atoms with E-state index >= 15 is 0 Å². The minimum Gasteiger partial charge on any atom is -0.493 e. The molecule has 0 spiro atoms. The normalized spacial score (nSPS) is 29.2. The van der Waals surface area contributed by atoms with Gasteiger partial charge in [-0.05, 0) is 35.4 Å². The monoisotopic (exact) mass is 384 g/mol. The Hall–Kier alpha value is -2.64. The van der Waals surface area contributed by atoms with E-state index in [1.165, 1.54) is 0 Å². The minimum absolute atomic E-state index is 0.0135. The summed E-state index contributed by atoms with van der Waals surface area (Å²) in [7, 11) is 1.63. The van der Waals surface area contributed by atoms with Crippen LogP contribution >= 0.6 is 0 Å². The molecule has 4 aliphatic heterocycles. The maximum atomic E-state index is 6.22. The lowest BCUT2D eigenvalue weighted by Crippen LogP contribution is -2.14. The second-order valence-corrected chi connectivity index (χ2v) is 7.41. The average molecular weight is 384 g/mol. The zero-order valence-electron chi connectivity index (χ0n) is 15.4. The highest BCUT2D eigenvalue weighted by Gasteiger charge is 2.48. The summed E-state index contributed by atoms with van der Waals surface area (Å²) in [6.07, 6.45) is -0.0761. The van der Waals surface area contributed by atoms with E-state index in [2.05, 4.69) is 6.07 Å². The van der Waals surface area contributed by atoms with Crippen LogP contribution in [0.2, 0.25) is 0 Å². The van der Waals surface area contributed by atoms with Crippen molar-refractivity contribution in [3.8, 4) is 28.7 Å². The number of rotatable bonds is 3. The molecule has 28 heavy (non-hydrogen) atoms. The third kappa shape index (κ3) is 2.36. The van der Waals surface area contributed by atoms with E-state index in [4.69, 9.17) is 33.2 Å².